The Hall–Kier alpha value is -3.94. The molecule has 3 rings (SSSR count). The van der Waals surface area contributed by atoms with Crippen LogP contribution in [-0.2, 0) is 4.79 Å². The number of non-ortho nitro benzene ring substituents is 1. The summed E-state index contributed by atoms with van der Waals surface area (Å²) in [6.07, 6.45) is 3.48. The zero-order chi connectivity index (χ0) is 23.6. The number of carbonyl (C=O) groups is 1. The molecule has 3 aromatic carbocycles. The molecule has 0 saturated carbocycles. The number of rotatable bonds is 11. The minimum atomic E-state index is -0.444. The van der Waals surface area contributed by atoms with E-state index in [9.17, 15) is 14.9 Å². The summed E-state index contributed by atoms with van der Waals surface area (Å²) in [5.41, 5.74) is 3.81. The van der Waals surface area contributed by atoms with Gasteiger partial charge in [0, 0.05) is 41.9 Å². The summed E-state index contributed by atoms with van der Waals surface area (Å²) in [5, 5.41) is 17.2. The van der Waals surface area contributed by atoms with Gasteiger partial charge in [-0.25, -0.2) is 5.43 Å². The molecule has 0 saturated heterocycles. The monoisotopic (exact) mass is 448 g/mol. The number of hydrogen-bond acceptors (Lipinski definition) is 6. The molecule has 0 spiro atoms. The van der Waals surface area contributed by atoms with E-state index in [1.54, 1.807) is 6.07 Å². The number of hydrogen-bond donors (Lipinski definition) is 1. The minimum Gasteiger partial charge on any atom is -0.483 e. The lowest BCUT2D eigenvalue weighted by Crippen LogP contribution is -2.26. The molecule has 1 amide bonds. The highest BCUT2D eigenvalue weighted by Crippen LogP contribution is 2.26. The first-order valence-electron chi connectivity index (χ1n) is 11.0. The average molecular weight is 449 g/mol. The molecule has 0 heterocycles. The topological polar surface area (TPSA) is 97.1 Å². The summed E-state index contributed by atoms with van der Waals surface area (Å²) in [6, 6.07) is 18.1. The van der Waals surface area contributed by atoms with Gasteiger partial charge >= 0.3 is 0 Å². The van der Waals surface area contributed by atoms with E-state index in [0.29, 0.717) is 11.3 Å². The molecule has 0 bridgehead atoms. The van der Waals surface area contributed by atoms with E-state index in [-0.39, 0.29) is 12.3 Å². The summed E-state index contributed by atoms with van der Waals surface area (Å²) in [6.45, 7) is 5.53. The van der Waals surface area contributed by atoms with E-state index < -0.39 is 10.8 Å². The van der Waals surface area contributed by atoms with Crippen LogP contribution < -0.4 is 15.1 Å². The van der Waals surface area contributed by atoms with Crippen LogP contribution in [0.5, 0.6) is 5.75 Å². The van der Waals surface area contributed by atoms with E-state index >= 15 is 0 Å². The normalized spacial score (nSPS) is 11.0. The van der Waals surface area contributed by atoms with Gasteiger partial charge in [-0.15, -0.1) is 0 Å². The SMILES string of the molecule is CCCCN(CC)c1ccc([N+](=O)[O-])cc1C=NNC(=O)COc1cccc2ccccc12. The summed E-state index contributed by atoms with van der Waals surface area (Å²) >= 11 is 0. The number of nitro benzene ring substituents is 1. The van der Waals surface area contributed by atoms with Crippen LogP contribution >= 0.6 is 0 Å². The zero-order valence-corrected chi connectivity index (χ0v) is 18.9. The van der Waals surface area contributed by atoms with Crippen LogP contribution in [0.2, 0.25) is 0 Å². The largest absolute Gasteiger partial charge is 0.483 e. The molecule has 3 aromatic rings. The third kappa shape index (κ3) is 6.29. The van der Waals surface area contributed by atoms with Crippen LogP contribution in [0.4, 0.5) is 11.4 Å². The predicted octanol–water partition coefficient (Wildman–Crippen LogP) is 4.90. The van der Waals surface area contributed by atoms with Gasteiger partial charge in [-0.2, -0.15) is 5.10 Å². The number of anilines is 1. The van der Waals surface area contributed by atoms with Gasteiger partial charge in [0.1, 0.15) is 5.75 Å². The maximum Gasteiger partial charge on any atom is 0.277 e. The van der Waals surface area contributed by atoms with Crippen LogP contribution in [0.25, 0.3) is 10.8 Å². The summed E-state index contributed by atoms with van der Waals surface area (Å²) in [4.78, 5) is 25.2. The Balaban J connectivity index is 1.69. The summed E-state index contributed by atoms with van der Waals surface area (Å²) in [7, 11) is 0. The quantitative estimate of drug-likeness (QED) is 0.256. The van der Waals surface area contributed by atoms with E-state index in [1.807, 2.05) is 49.4 Å². The van der Waals surface area contributed by atoms with Crippen molar-refractivity contribution in [3.05, 3.63) is 76.3 Å². The number of hydrazone groups is 1. The van der Waals surface area contributed by atoms with Gasteiger partial charge in [0.2, 0.25) is 0 Å². The molecule has 0 atom stereocenters. The number of amides is 1. The van der Waals surface area contributed by atoms with E-state index in [1.165, 1.54) is 18.3 Å². The number of nitro groups is 1. The fourth-order valence-corrected chi connectivity index (χ4v) is 3.52. The standard InChI is InChI=1S/C25H28N4O4/c1-3-5-15-28(4-2)23-14-13-21(29(31)32)16-20(23)17-26-27-25(30)18-33-24-12-8-10-19-9-6-7-11-22(19)24/h6-14,16-17H,3-5,15,18H2,1-2H3,(H,27,30). The van der Waals surface area contributed by atoms with Gasteiger partial charge in [-0.05, 0) is 30.9 Å². The lowest BCUT2D eigenvalue weighted by Gasteiger charge is -2.24. The lowest BCUT2D eigenvalue weighted by molar-refractivity contribution is -0.384. The average Bonchev–Trinajstić information content (AvgIpc) is 2.83. The van der Waals surface area contributed by atoms with Gasteiger partial charge in [-0.3, -0.25) is 14.9 Å². The molecular formula is C25H28N4O4. The van der Waals surface area contributed by atoms with Crippen molar-refractivity contribution in [1.29, 1.82) is 0 Å². The number of ether oxygens (including phenoxy) is 1. The smallest absolute Gasteiger partial charge is 0.277 e. The van der Waals surface area contributed by atoms with Gasteiger partial charge in [0.25, 0.3) is 11.6 Å². The number of nitrogens with zero attached hydrogens (tertiary/aromatic N) is 3. The molecule has 0 aromatic heterocycles. The predicted molar refractivity (Wildman–Crippen MR) is 131 cm³/mol. The Labute approximate surface area is 193 Å². The molecular weight excluding hydrogens is 420 g/mol. The van der Waals surface area contributed by atoms with Gasteiger partial charge in [-0.1, -0.05) is 49.7 Å². The molecule has 8 heteroatoms. The maximum atomic E-state index is 12.3. The van der Waals surface area contributed by atoms with Crippen LogP contribution in [0.1, 0.15) is 32.3 Å². The minimum absolute atomic E-state index is 0.0302. The van der Waals surface area contributed by atoms with Crippen molar-refractivity contribution in [1.82, 2.24) is 5.43 Å². The van der Waals surface area contributed by atoms with Gasteiger partial charge < -0.3 is 9.64 Å². The number of carbonyl (C=O) groups excluding carboxylic acids is 1. The highest BCUT2D eigenvalue weighted by Gasteiger charge is 2.14. The molecule has 0 aliphatic rings. The Morgan fingerprint density at radius 1 is 1.15 bits per heavy atom. The van der Waals surface area contributed by atoms with Crippen molar-refractivity contribution in [2.24, 2.45) is 5.10 Å². The Kier molecular flexibility index (Phi) is 8.35. The van der Waals surface area contributed by atoms with E-state index in [4.69, 9.17) is 4.74 Å². The van der Waals surface area contributed by atoms with E-state index in [0.717, 1.165) is 42.4 Å². The van der Waals surface area contributed by atoms with Crippen molar-refractivity contribution in [2.45, 2.75) is 26.7 Å². The lowest BCUT2D eigenvalue weighted by atomic mass is 10.1. The molecule has 0 radical (unpaired) electrons. The molecule has 1 N–H and O–H groups in total. The highest BCUT2D eigenvalue weighted by atomic mass is 16.6. The molecule has 8 nitrogen and oxygen atoms in total. The third-order valence-corrected chi connectivity index (χ3v) is 5.23. The number of unbranched alkanes of at least 4 members (excludes halogenated alkanes) is 1. The number of benzene rings is 3. The molecule has 0 fully saturated rings. The first kappa shape index (κ1) is 23.7. The van der Waals surface area contributed by atoms with Crippen molar-refractivity contribution in [2.75, 3.05) is 24.6 Å². The van der Waals surface area contributed by atoms with Gasteiger partial charge in [0.15, 0.2) is 6.61 Å². The zero-order valence-electron chi connectivity index (χ0n) is 18.9. The molecule has 0 aliphatic carbocycles. The Morgan fingerprint density at radius 2 is 1.94 bits per heavy atom. The summed E-state index contributed by atoms with van der Waals surface area (Å²) in [5.74, 6) is 0.187. The Bertz CT molecular complexity index is 1140. The highest BCUT2D eigenvalue weighted by molar-refractivity contribution is 5.91. The third-order valence-electron chi connectivity index (χ3n) is 5.23. The van der Waals surface area contributed by atoms with Crippen molar-refractivity contribution in [3.8, 4) is 5.75 Å². The molecule has 172 valence electrons. The van der Waals surface area contributed by atoms with Crippen LogP contribution in [0, 0.1) is 10.1 Å². The second-order valence-electron chi connectivity index (χ2n) is 7.49. The Morgan fingerprint density at radius 3 is 2.70 bits per heavy atom. The maximum absolute atomic E-state index is 12.3. The first-order valence-corrected chi connectivity index (χ1v) is 11.0. The van der Waals surface area contributed by atoms with Crippen LogP contribution in [-0.4, -0.2) is 36.7 Å². The fourth-order valence-electron chi connectivity index (χ4n) is 3.52. The van der Waals surface area contributed by atoms with Crippen LogP contribution in [0.15, 0.2) is 65.8 Å². The fraction of sp³-hybridized carbons (Fsp3) is 0.280. The molecule has 33 heavy (non-hydrogen) atoms. The van der Waals surface area contributed by atoms with Crippen LogP contribution in [0.3, 0.4) is 0 Å². The first-order chi connectivity index (χ1) is 16.0. The summed E-state index contributed by atoms with van der Waals surface area (Å²) < 4.78 is 5.67. The van der Waals surface area contributed by atoms with Gasteiger partial charge in [0.05, 0.1) is 11.1 Å². The molecule has 0 aliphatic heterocycles. The van der Waals surface area contributed by atoms with Crippen molar-refractivity contribution in [3.63, 3.8) is 0 Å². The van der Waals surface area contributed by atoms with Crippen molar-refractivity contribution < 1.29 is 14.5 Å². The van der Waals surface area contributed by atoms with Crippen molar-refractivity contribution >= 4 is 34.3 Å². The second kappa shape index (κ2) is 11.6. The number of fused-ring (bicyclic) bond motifs is 1. The molecule has 0 unspecified atom stereocenters. The number of nitrogens with one attached hydrogen (secondary N) is 1. The van der Waals surface area contributed by atoms with E-state index in [2.05, 4.69) is 22.4 Å². The second-order valence-corrected chi connectivity index (χ2v) is 7.49.